The summed E-state index contributed by atoms with van der Waals surface area (Å²) in [5.74, 6) is 3.06. The molecule has 4 aliphatic rings. The largest absolute Gasteiger partial charge is 0.463 e. The lowest BCUT2D eigenvalue weighted by Gasteiger charge is -2.60. The van der Waals surface area contributed by atoms with Crippen LogP contribution in [0.1, 0.15) is 79.1 Å². The van der Waals surface area contributed by atoms with Crippen LogP contribution in [0.3, 0.4) is 0 Å². The maximum absolute atomic E-state index is 11.7. The Bertz CT molecular complexity index is 752. The fourth-order valence-corrected chi connectivity index (χ4v) is 7.84. The van der Waals surface area contributed by atoms with Crippen molar-refractivity contribution in [1.29, 1.82) is 0 Å². The average molecular weight is 401 g/mol. The van der Waals surface area contributed by atoms with E-state index in [2.05, 4.69) is 20.4 Å². The van der Waals surface area contributed by atoms with Gasteiger partial charge in [-0.2, -0.15) is 0 Å². The quantitative estimate of drug-likeness (QED) is 0.581. The molecule has 4 aliphatic carbocycles. The second-order valence-corrected chi connectivity index (χ2v) is 10.5. The number of allylic oxidation sites excluding steroid dienone is 3. The lowest BCUT2D eigenvalue weighted by molar-refractivity contribution is -0.158. The second kappa shape index (κ2) is 7.28. The number of carbonyl (C=O) groups excluding carboxylic acids is 2. The lowest BCUT2D eigenvalue weighted by atomic mass is 9.44. The maximum atomic E-state index is 11.7. The van der Waals surface area contributed by atoms with E-state index >= 15 is 0 Å². The fraction of sp³-hybridized carbons (Fsp3) is 0.760. The smallest absolute Gasteiger partial charge is 0.307 e. The van der Waals surface area contributed by atoms with E-state index < -0.39 is 0 Å². The maximum Gasteiger partial charge on any atom is 0.307 e. The van der Waals surface area contributed by atoms with E-state index in [1.165, 1.54) is 38.7 Å². The van der Waals surface area contributed by atoms with Gasteiger partial charge in [0.1, 0.15) is 11.9 Å². The summed E-state index contributed by atoms with van der Waals surface area (Å²) in [7, 11) is 0. The molecule has 2 unspecified atom stereocenters. The zero-order valence-electron chi connectivity index (χ0n) is 18.5. The van der Waals surface area contributed by atoms with Crippen LogP contribution in [-0.2, 0) is 19.1 Å². The van der Waals surface area contributed by atoms with Crippen molar-refractivity contribution in [2.45, 2.75) is 85.2 Å². The molecule has 0 bridgehead atoms. The van der Waals surface area contributed by atoms with Crippen molar-refractivity contribution in [1.82, 2.24) is 0 Å². The molecule has 0 aromatic heterocycles. The van der Waals surface area contributed by atoms with Crippen LogP contribution in [0.2, 0.25) is 0 Å². The van der Waals surface area contributed by atoms with E-state index in [-0.39, 0.29) is 23.5 Å². The van der Waals surface area contributed by atoms with Crippen LogP contribution < -0.4 is 0 Å². The van der Waals surface area contributed by atoms with Gasteiger partial charge in [-0.15, -0.1) is 0 Å². The normalized spacial score (nSPS) is 43.7. The first-order chi connectivity index (χ1) is 13.7. The van der Waals surface area contributed by atoms with Gasteiger partial charge in [0.2, 0.25) is 0 Å². The third kappa shape index (κ3) is 3.27. The summed E-state index contributed by atoms with van der Waals surface area (Å²) in [4.78, 5) is 23.1. The molecule has 160 valence electrons. The van der Waals surface area contributed by atoms with Crippen LogP contribution in [0.15, 0.2) is 24.0 Å². The van der Waals surface area contributed by atoms with Gasteiger partial charge >= 0.3 is 11.9 Å². The van der Waals surface area contributed by atoms with E-state index in [9.17, 15) is 9.59 Å². The minimum Gasteiger partial charge on any atom is -0.463 e. The van der Waals surface area contributed by atoms with E-state index in [0.29, 0.717) is 29.1 Å². The van der Waals surface area contributed by atoms with E-state index in [1.807, 2.05) is 6.08 Å². The van der Waals surface area contributed by atoms with Crippen molar-refractivity contribution in [3.05, 3.63) is 24.0 Å². The third-order valence-electron chi connectivity index (χ3n) is 9.13. The minimum absolute atomic E-state index is 0.0752. The molecule has 0 radical (unpaired) electrons. The molecular formula is C25H36O4. The van der Waals surface area contributed by atoms with E-state index in [1.54, 1.807) is 0 Å². The van der Waals surface area contributed by atoms with Crippen molar-refractivity contribution in [2.75, 3.05) is 0 Å². The van der Waals surface area contributed by atoms with E-state index in [4.69, 9.17) is 9.47 Å². The van der Waals surface area contributed by atoms with Crippen LogP contribution in [0.5, 0.6) is 0 Å². The fourth-order valence-electron chi connectivity index (χ4n) is 7.84. The molecule has 7 atom stereocenters. The molecule has 0 aliphatic heterocycles. The van der Waals surface area contributed by atoms with Crippen molar-refractivity contribution in [3.8, 4) is 0 Å². The van der Waals surface area contributed by atoms with Crippen LogP contribution in [0.25, 0.3) is 0 Å². The highest BCUT2D eigenvalue weighted by molar-refractivity contribution is 5.68. The summed E-state index contributed by atoms with van der Waals surface area (Å²) < 4.78 is 11.2. The number of carbonyl (C=O) groups is 2. The lowest BCUT2D eigenvalue weighted by Crippen LogP contribution is -2.53. The molecule has 4 nitrogen and oxygen atoms in total. The Morgan fingerprint density at radius 1 is 1.03 bits per heavy atom. The molecule has 3 fully saturated rings. The Labute approximate surface area is 175 Å². The van der Waals surface area contributed by atoms with Crippen molar-refractivity contribution in [3.63, 3.8) is 0 Å². The molecule has 0 heterocycles. The summed E-state index contributed by atoms with van der Waals surface area (Å²) in [6, 6.07) is 0. The molecule has 0 aromatic carbocycles. The Hall–Kier alpha value is -1.58. The minimum atomic E-state index is -0.224. The van der Waals surface area contributed by atoms with Crippen molar-refractivity contribution in [2.24, 2.45) is 34.5 Å². The predicted octanol–water partition coefficient (Wildman–Crippen LogP) is 5.57. The summed E-state index contributed by atoms with van der Waals surface area (Å²) in [6.45, 7) is 12.0. The monoisotopic (exact) mass is 400 g/mol. The highest BCUT2D eigenvalue weighted by atomic mass is 16.5. The molecule has 0 saturated heterocycles. The molecule has 29 heavy (non-hydrogen) atoms. The number of ether oxygens (including phenoxy) is 2. The van der Waals surface area contributed by atoms with Gasteiger partial charge in [0.25, 0.3) is 0 Å². The Morgan fingerprint density at radius 3 is 2.45 bits per heavy atom. The van der Waals surface area contributed by atoms with Crippen molar-refractivity contribution >= 4 is 11.9 Å². The molecule has 0 N–H and O–H groups in total. The molecule has 0 spiro atoms. The zero-order valence-corrected chi connectivity index (χ0v) is 18.5. The van der Waals surface area contributed by atoms with Gasteiger partial charge in [-0.3, -0.25) is 9.59 Å². The zero-order chi connectivity index (χ0) is 21.0. The SMILES string of the molecule is C=CC1=C(OC(C)=O)C[C@H]2[C@@H]3CCC4CC(OC(C)=O)CC[C@]4(C)[C@H]3CC[C@]12C. The first kappa shape index (κ1) is 20.7. The first-order valence-electron chi connectivity index (χ1n) is 11.4. The molecule has 4 rings (SSSR count). The number of esters is 2. The number of hydrogen-bond acceptors (Lipinski definition) is 4. The van der Waals surface area contributed by atoms with Crippen LogP contribution in [-0.4, -0.2) is 18.0 Å². The van der Waals surface area contributed by atoms with Gasteiger partial charge < -0.3 is 9.47 Å². The standard InChI is InChI=1S/C25H36O4/c1-6-20-23(29-16(3)27)14-22-19-8-7-17-13-18(28-15(2)26)9-11-24(17,4)21(19)10-12-25(20,22)5/h6,17-19,21-22H,1,7-14H2,2-5H3/t17?,18?,19-,21+,22+,24+,25-/m1/s1. The number of fused-ring (bicyclic) bond motifs is 5. The highest BCUT2D eigenvalue weighted by Gasteiger charge is 2.60. The molecule has 3 saturated carbocycles. The van der Waals surface area contributed by atoms with Crippen LogP contribution >= 0.6 is 0 Å². The molecule has 0 amide bonds. The van der Waals surface area contributed by atoms with Crippen LogP contribution in [0.4, 0.5) is 0 Å². The molecule has 4 heteroatoms. The highest BCUT2D eigenvalue weighted by Crippen LogP contribution is 2.67. The molecular weight excluding hydrogens is 364 g/mol. The van der Waals surface area contributed by atoms with Crippen molar-refractivity contribution < 1.29 is 19.1 Å². The molecule has 0 aromatic rings. The third-order valence-corrected chi connectivity index (χ3v) is 9.13. The van der Waals surface area contributed by atoms with Gasteiger partial charge in [-0.05, 0) is 85.0 Å². The second-order valence-electron chi connectivity index (χ2n) is 10.5. The van der Waals surface area contributed by atoms with Gasteiger partial charge in [0.05, 0.1) is 0 Å². The van der Waals surface area contributed by atoms with Gasteiger partial charge in [-0.1, -0.05) is 26.5 Å². The Kier molecular flexibility index (Phi) is 5.19. The summed E-state index contributed by atoms with van der Waals surface area (Å²) in [6.07, 6.45) is 10.9. The van der Waals surface area contributed by atoms with Gasteiger partial charge in [0.15, 0.2) is 0 Å². The van der Waals surface area contributed by atoms with Crippen LogP contribution in [0, 0.1) is 34.5 Å². The summed E-state index contributed by atoms with van der Waals surface area (Å²) >= 11 is 0. The summed E-state index contributed by atoms with van der Waals surface area (Å²) in [5, 5.41) is 0. The first-order valence-corrected chi connectivity index (χ1v) is 11.4. The summed E-state index contributed by atoms with van der Waals surface area (Å²) in [5.41, 5.74) is 1.58. The van der Waals surface area contributed by atoms with Gasteiger partial charge in [-0.25, -0.2) is 0 Å². The van der Waals surface area contributed by atoms with Gasteiger partial charge in [0, 0.05) is 20.3 Å². The number of hydrogen-bond donors (Lipinski definition) is 0. The topological polar surface area (TPSA) is 52.6 Å². The van der Waals surface area contributed by atoms with E-state index in [0.717, 1.165) is 37.9 Å². The Balaban J connectivity index is 1.56. The number of rotatable bonds is 3. The average Bonchev–Trinajstić information content (AvgIpc) is 2.92. The Morgan fingerprint density at radius 2 is 1.79 bits per heavy atom. The predicted molar refractivity (Wildman–Crippen MR) is 112 cm³/mol.